The third kappa shape index (κ3) is 5.35. The molecule has 0 fully saturated rings. The lowest BCUT2D eigenvalue weighted by molar-refractivity contribution is 0.165. The number of hydrogen-bond acceptors (Lipinski definition) is 4. The maximum atomic E-state index is 5.46. The Kier molecular flexibility index (Phi) is 6.49. The lowest BCUT2D eigenvalue weighted by atomic mass is 10.3. The minimum Gasteiger partial charge on any atom is -0.495 e. The zero-order valence-electron chi connectivity index (χ0n) is 8.75. The van der Waals surface area contributed by atoms with Crippen molar-refractivity contribution in [3.63, 3.8) is 0 Å². The Bertz CT molecular complexity index is 159. The molecule has 0 amide bonds. The van der Waals surface area contributed by atoms with Crippen LogP contribution in [0, 0.1) is 0 Å². The van der Waals surface area contributed by atoms with Gasteiger partial charge in [-0.15, -0.1) is 0 Å². The van der Waals surface area contributed by atoms with E-state index in [0.717, 1.165) is 19.3 Å². The molecule has 0 unspecified atom stereocenters. The van der Waals surface area contributed by atoms with Crippen molar-refractivity contribution in [1.82, 2.24) is 0 Å². The van der Waals surface area contributed by atoms with Gasteiger partial charge in [-0.1, -0.05) is 13.3 Å². The van der Waals surface area contributed by atoms with Gasteiger partial charge in [-0.3, -0.25) is 0 Å². The van der Waals surface area contributed by atoms with Gasteiger partial charge in [0.2, 0.25) is 0 Å². The Labute approximate surface area is 86.7 Å². The number of thiocarbonyl (C=S) groups is 1. The molecule has 5 heteroatoms. The lowest BCUT2D eigenvalue weighted by Crippen LogP contribution is -2.41. The predicted octanol–water partition coefficient (Wildman–Crippen LogP) is 2.38. The van der Waals surface area contributed by atoms with Crippen molar-refractivity contribution in [3.05, 3.63) is 0 Å². The summed E-state index contributed by atoms with van der Waals surface area (Å²) in [7, 11) is 0.711. The number of rotatable bonds is 6. The normalized spacial score (nSPS) is 11.4. The van der Waals surface area contributed by atoms with E-state index >= 15 is 0 Å². The highest BCUT2D eigenvalue weighted by molar-refractivity contribution is 7.80. The SMILES string of the molecule is CCCCC(=S)O[Si](C)(OC)OC. The van der Waals surface area contributed by atoms with E-state index in [9.17, 15) is 0 Å². The van der Waals surface area contributed by atoms with Crippen LogP contribution >= 0.6 is 12.2 Å². The van der Waals surface area contributed by atoms with Crippen LogP contribution in [0.3, 0.4) is 0 Å². The fraction of sp³-hybridized carbons (Fsp3) is 0.875. The zero-order valence-corrected chi connectivity index (χ0v) is 10.6. The molecule has 0 aromatic carbocycles. The quantitative estimate of drug-likeness (QED) is 0.509. The molecule has 0 spiro atoms. The van der Waals surface area contributed by atoms with Crippen LogP contribution in [-0.2, 0) is 13.3 Å². The Morgan fingerprint density at radius 1 is 1.31 bits per heavy atom. The summed E-state index contributed by atoms with van der Waals surface area (Å²) in [6.07, 6.45) is 2.97. The van der Waals surface area contributed by atoms with Crippen LogP contribution in [0.1, 0.15) is 26.2 Å². The average molecular weight is 222 g/mol. The van der Waals surface area contributed by atoms with Gasteiger partial charge in [0.1, 0.15) is 5.05 Å². The maximum absolute atomic E-state index is 5.46. The standard InChI is InChI=1S/C8H18O3SSi/c1-5-6-7-8(12)11-13(4,9-2)10-3/h5-7H2,1-4H3. The highest BCUT2D eigenvalue weighted by atomic mass is 32.1. The minimum atomic E-state index is -2.45. The molecule has 0 aliphatic heterocycles. The molecule has 0 aromatic heterocycles. The molecule has 0 rings (SSSR count). The summed E-state index contributed by atoms with van der Waals surface area (Å²) in [5.41, 5.74) is 0. The van der Waals surface area contributed by atoms with E-state index in [-0.39, 0.29) is 0 Å². The van der Waals surface area contributed by atoms with E-state index in [1.807, 2.05) is 6.55 Å². The third-order valence-corrected chi connectivity index (χ3v) is 4.31. The summed E-state index contributed by atoms with van der Waals surface area (Å²) in [6.45, 7) is 3.94. The Morgan fingerprint density at radius 2 is 1.85 bits per heavy atom. The molecule has 0 aliphatic carbocycles. The molecule has 3 nitrogen and oxygen atoms in total. The van der Waals surface area contributed by atoms with Crippen molar-refractivity contribution in [2.24, 2.45) is 0 Å². The van der Waals surface area contributed by atoms with Gasteiger partial charge in [-0.05, 0) is 18.6 Å². The van der Waals surface area contributed by atoms with Crippen LogP contribution < -0.4 is 0 Å². The van der Waals surface area contributed by atoms with Crippen LogP contribution in [0.5, 0.6) is 0 Å². The van der Waals surface area contributed by atoms with Crippen LogP contribution in [0.25, 0.3) is 0 Å². The van der Waals surface area contributed by atoms with Crippen molar-refractivity contribution in [2.45, 2.75) is 32.7 Å². The first-order valence-corrected chi connectivity index (χ1v) is 7.03. The van der Waals surface area contributed by atoms with E-state index in [2.05, 4.69) is 6.92 Å². The summed E-state index contributed by atoms with van der Waals surface area (Å²) in [5.74, 6) is 0. The fourth-order valence-corrected chi connectivity index (χ4v) is 2.19. The fourth-order valence-electron chi connectivity index (χ4n) is 0.746. The maximum Gasteiger partial charge on any atom is 0.562 e. The van der Waals surface area contributed by atoms with E-state index in [1.54, 1.807) is 14.2 Å². The molecule has 0 saturated heterocycles. The van der Waals surface area contributed by atoms with Crippen molar-refractivity contribution >= 4 is 26.1 Å². The number of hydrogen-bond donors (Lipinski definition) is 0. The topological polar surface area (TPSA) is 27.7 Å². The molecule has 78 valence electrons. The largest absolute Gasteiger partial charge is 0.562 e. The van der Waals surface area contributed by atoms with Crippen LogP contribution in [0.4, 0.5) is 0 Å². The molecule has 0 aromatic rings. The van der Waals surface area contributed by atoms with Crippen molar-refractivity contribution < 1.29 is 13.3 Å². The first kappa shape index (κ1) is 13.0. The van der Waals surface area contributed by atoms with Crippen molar-refractivity contribution in [2.75, 3.05) is 14.2 Å². The minimum absolute atomic E-state index is 0.597. The van der Waals surface area contributed by atoms with Gasteiger partial charge in [-0.2, -0.15) is 0 Å². The molecule has 0 N–H and O–H groups in total. The summed E-state index contributed by atoms with van der Waals surface area (Å²) in [5, 5.41) is 0.597. The Hall–Kier alpha value is 0.0269. The monoisotopic (exact) mass is 222 g/mol. The molecular weight excluding hydrogens is 204 g/mol. The van der Waals surface area contributed by atoms with Gasteiger partial charge in [0, 0.05) is 27.2 Å². The number of unbranched alkanes of at least 4 members (excludes halogenated alkanes) is 1. The second kappa shape index (κ2) is 6.48. The predicted molar refractivity (Wildman–Crippen MR) is 58.8 cm³/mol. The molecule has 0 atom stereocenters. The smallest absolute Gasteiger partial charge is 0.495 e. The van der Waals surface area contributed by atoms with Crippen LogP contribution in [-0.4, -0.2) is 28.1 Å². The summed E-state index contributed by atoms with van der Waals surface area (Å²) < 4.78 is 15.8. The highest BCUT2D eigenvalue weighted by Gasteiger charge is 2.34. The van der Waals surface area contributed by atoms with Crippen LogP contribution in [0.2, 0.25) is 6.55 Å². The average Bonchev–Trinajstić information content (AvgIpc) is 2.14. The third-order valence-electron chi connectivity index (χ3n) is 1.78. The summed E-state index contributed by atoms with van der Waals surface area (Å²) in [6, 6.07) is 0. The van der Waals surface area contributed by atoms with Gasteiger partial charge >= 0.3 is 8.80 Å². The van der Waals surface area contributed by atoms with Gasteiger partial charge in [0.05, 0.1) is 0 Å². The van der Waals surface area contributed by atoms with Gasteiger partial charge < -0.3 is 13.3 Å². The molecular formula is C8H18O3SSi. The molecule has 0 bridgehead atoms. The molecule has 0 heterocycles. The van der Waals surface area contributed by atoms with E-state index in [4.69, 9.17) is 25.5 Å². The zero-order chi connectivity index (χ0) is 10.3. The van der Waals surface area contributed by atoms with Gasteiger partial charge in [0.15, 0.2) is 0 Å². The van der Waals surface area contributed by atoms with E-state index in [0.29, 0.717) is 5.05 Å². The lowest BCUT2D eigenvalue weighted by Gasteiger charge is -2.22. The second-order valence-corrected chi connectivity index (χ2v) is 6.05. The van der Waals surface area contributed by atoms with Crippen molar-refractivity contribution in [1.29, 1.82) is 0 Å². The second-order valence-electron chi connectivity index (χ2n) is 2.85. The first-order valence-electron chi connectivity index (χ1n) is 4.40. The van der Waals surface area contributed by atoms with Gasteiger partial charge in [0.25, 0.3) is 0 Å². The van der Waals surface area contributed by atoms with E-state index < -0.39 is 8.80 Å². The van der Waals surface area contributed by atoms with E-state index in [1.165, 1.54) is 0 Å². The Balaban J connectivity index is 3.87. The van der Waals surface area contributed by atoms with Gasteiger partial charge in [-0.25, -0.2) is 0 Å². The summed E-state index contributed by atoms with van der Waals surface area (Å²) >= 11 is 5.05. The molecule has 13 heavy (non-hydrogen) atoms. The highest BCUT2D eigenvalue weighted by Crippen LogP contribution is 2.10. The first-order chi connectivity index (χ1) is 6.08. The molecule has 0 radical (unpaired) electrons. The summed E-state index contributed by atoms with van der Waals surface area (Å²) in [4.78, 5) is 0. The van der Waals surface area contributed by atoms with Crippen molar-refractivity contribution in [3.8, 4) is 0 Å². The Morgan fingerprint density at radius 3 is 2.23 bits per heavy atom. The molecule has 0 aliphatic rings. The molecule has 0 saturated carbocycles. The van der Waals surface area contributed by atoms with Crippen LogP contribution in [0.15, 0.2) is 0 Å².